The molecule has 0 fully saturated rings. The zero-order valence-corrected chi connectivity index (χ0v) is 17.9. The Labute approximate surface area is 180 Å². The molecule has 4 rings (SSSR count). The number of hydrogen-bond acceptors (Lipinski definition) is 4. The highest BCUT2D eigenvalue weighted by molar-refractivity contribution is 6.30. The Morgan fingerprint density at radius 3 is 2.73 bits per heavy atom. The highest BCUT2D eigenvalue weighted by Crippen LogP contribution is 2.24. The van der Waals surface area contributed by atoms with Crippen LogP contribution in [0, 0.1) is 6.92 Å². The Kier molecular flexibility index (Phi) is 5.72. The summed E-state index contributed by atoms with van der Waals surface area (Å²) >= 11 is 6.06. The summed E-state index contributed by atoms with van der Waals surface area (Å²) in [6.07, 6.45) is 1.52. The quantitative estimate of drug-likeness (QED) is 0.605. The van der Waals surface area contributed by atoms with E-state index in [9.17, 15) is 9.59 Å². The summed E-state index contributed by atoms with van der Waals surface area (Å²) in [4.78, 5) is 27.0. The van der Waals surface area contributed by atoms with E-state index >= 15 is 0 Å². The van der Waals surface area contributed by atoms with E-state index in [4.69, 9.17) is 11.6 Å². The SMILES string of the molecule is Cc1cc2n(n1)CCCN2C(=O)CCC(=O)Cc1cc(-c2cccc(Cl)c2)nn1C. The van der Waals surface area contributed by atoms with Crippen LogP contribution in [-0.4, -0.2) is 37.8 Å². The van der Waals surface area contributed by atoms with Crippen molar-refractivity contribution in [2.45, 2.75) is 39.2 Å². The molecule has 3 heterocycles. The number of nitrogens with zero attached hydrogens (tertiary/aromatic N) is 5. The molecule has 1 amide bonds. The number of hydrogen-bond donors (Lipinski definition) is 0. The monoisotopic (exact) mass is 425 g/mol. The summed E-state index contributed by atoms with van der Waals surface area (Å²) in [7, 11) is 1.82. The van der Waals surface area contributed by atoms with Crippen LogP contribution in [0.3, 0.4) is 0 Å². The van der Waals surface area contributed by atoms with E-state index in [0.717, 1.165) is 41.4 Å². The van der Waals surface area contributed by atoms with Gasteiger partial charge in [0.05, 0.1) is 11.4 Å². The third-order valence-corrected chi connectivity index (χ3v) is 5.54. The third-order valence-electron chi connectivity index (χ3n) is 5.30. The summed E-state index contributed by atoms with van der Waals surface area (Å²) in [5.41, 5.74) is 3.39. The topological polar surface area (TPSA) is 73.0 Å². The molecule has 0 saturated heterocycles. The number of aryl methyl sites for hydroxylation is 3. The summed E-state index contributed by atoms with van der Waals surface area (Å²) in [5.74, 6) is 0.813. The van der Waals surface area contributed by atoms with E-state index in [0.29, 0.717) is 11.6 Å². The van der Waals surface area contributed by atoms with Gasteiger partial charge >= 0.3 is 0 Å². The lowest BCUT2D eigenvalue weighted by Gasteiger charge is -2.27. The first-order chi connectivity index (χ1) is 14.4. The van der Waals surface area contributed by atoms with Crippen LogP contribution in [0.5, 0.6) is 0 Å². The Balaban J connectivity index is 1.37. The highest BCUT2D eigenvalue weighted by atomic mass is 35.5. The molecule has 0 spiro atoms. The van der Waals surface area contributed by atoms with E-state index in [1.807, 2.05) is 55.1 Å². The van der Waals surface area contributed by atoms with Crippen molar-refractivity contribution in [3.05, 3.63) is 52.8 Å². The van der Waals surface area contributed by atoms with Gasteiger partial charge in [0.25, 0.3) is 0 Å². The van der Waals surface area contributed by atoms with Gasteiger partial charge in [0, 0.05) is 61.7 Å². The van der Waals surface area contributed by atoms with E-state index in [2.05, 4.69) is 10.2 Å². The number of anilines is 1. The number of ketones is 1. The van der Waals surface area contributed by atoms with Crippen LogP contribution in [0.4, 0.5) is 5.82 Å². The van der Waals surface area contributed by atoms with Crippen LogP contribution >= 0.6 is 11.6 Å². The Morgan fingerprint density at radius 2 is 1.93 bits per heavy atom. The van der Waals surface area contributed by atoms with Gasteiger partial charge in [0.15, 0.2) is 0 Å². The van der Waals surface area contributed by atoms with Crippen LogP contribution in [-0.2, 0) is 29.6 Å². The molecule has 0 aliphatic carbocycles. The lowest BCUT2D eigenvalue weighted by Crippen LogP contribution is -2.37. The largest absolute Gasteiger partial charge is 0.299 e. The molecule has 30 heavy (non-hydrogen) atoms. The fourth-order valence-corrected chi connectivity index (χ4v) is 3.98. The van der Waals surface area contributed by atoms with Crippen LogP contribution < -0.4 is 4.90 Å². The number of amides is 1. The third kappa shape index (κ3) is 4.31. The molecule has 1 aromatic carbocycles. The minimum Gasteiger partial charge on any atom is -0.299 e. The number of carbonyl (C=O) groups is 2. The van der Waals surface area contributed by atoms with Crippen LogP contribution in [0.15, 0.2) is 36.4 Å². The summed E-state index contributed by atoms with van der Waals surface area (Å²) < 4.78 is 3.58. The van der Waals surface area contributed by atoms with Gasteiger partial charge in [-0.3, -0.25) is 19.2 Å². The fraction of sp³-hybridized carbons (Fsp3) is 0.364. The number of aromatic nitrogens is 4. The first-order valence-corrected chi connectivity index (χ1v) is 10.4. The molecule has 1 aliphatic rings. The molecule has 0 N–H and O–H groups in total. The van der Waals surface area contributed by atoms with Crippen molar-refractivity contribution in [2.75, 3.05) is 11.4 Å². The molecule has 0 atom stereocenters. The maximum atomic E-state index is 12.7. The lowest BCUT2D eigenvalue weighted by atomic mass is 10.1. The zero-order valence-electron chi connectivity index (χ0n) is 17.1. The van der Waals surface area contributed by atoms with Crippen molar-refractivity contribution in [3.8, 4) is 11.3 Å². The van der Waals surface area contributed by atoms with Gasteiger partial charge in [-0.1, -0.05) is 23.7 Å². The van der Waals surface area contributed by atoms with Gasteiger partial charge in [-0.15, -0.1) is 0 Å². The molecule has 0 saturated carbocycles. The number of halogens is 1. The number of Topliss-reactive ketones (excluding diaryl/α,β-unsaturated/α-hetero) is 1. The molecule has 8 heteroatoms. The van der Waals surface area contributed by atoms with Crippen LogP contribution in [0.1, 0.15) is 30.7 Å². The van der Waals surface area contributed by atoms with Crippen LogP contribution in [0.25, 0.3) is 11.3 Å². The summed E-state index contributed by atoms with van der Waals surface area (Å²) in [6, 6.07) is 11.3. The predicted octanol–water partition coefficient (Wildman–Crippen LogP) is 3.57. The molecule has 0 unspecified atom stereocenters. The van der Waals surface area contributed by atoms with Crippen molar-refractivity contribution in [1.82, 2.24) is 19.6 Å². The second kappa shape index (κ2) is 8.44. The van der Waals surface area contributed by atoms with Crippen molar-refractivity contribution >= 4 is 29.1 Å². The van der Waals surface area contributed by atoms with Gasteiger partial charge in [-0.25, -0.2) is 4.68 Å². The summed E-state index contributed by atoms with van der Waals surface area (Å²) in [6.45, 7) is 3.41. The maximum absolute atomic E-state index is 12.7. The van der Waals surface area contributed by atoms with Gasteiger partial charge in [0.1, 0.15) is 11.6 Å². The first kappa shape index (κ1) is 20.3. The molecular formula is C22H24ClN5O2. The van der Waals surface area contributed by atoms with Crippen molar-refractivity contribution in [1.29, 1.82) is 0 Å². The van der Waals surface area contributed by atoms with Crippen LogP contribution in [0.2, 0.25) is 5.02 Å². The highest BCUT2D eigenvalue weighted by Gasteiger charge is 2.24. The van der Waals surface area contributed by atoms with Gasteiger partial charge < -0.3 is 0 Å². The Hall–Kier alpha value is -2.93. The standard InChI is InChI=1S/C22H24ClN5O2/c1-15-11-21-27(9-4-10-28(21)24-15)22(30)8-7-19(29)13-18-14-20(25-26(18)2)16-5-3-6-17(23)12-16/h3,5-6,11-12,14H,4,7-10,13H2,1-2H3. The van der Waals surface area contributed by atoms with E-state index in [-0.39, 0.29) is 31.0 Å². The molecule has 0 radical (unpaired) electrons. The predicted molar refractivity (Wildman–Crippen MR) is 116 cm³/mol. The Morgan fingerprint density at radius 1 is 1.10 bits per heavy atom. The number of carbonyl (C=O) groups excluding carboxylic acids is 2. The normalized spacial score (nSPS) is 13.4. The van der Waals surface area contributed by atoms with E-state index < -0.39 is 0 Å². The number of benzene rings is 1. The molecular weight excluding hydrogens is 402 g/mol. The fourth-order valence-electron chi connectivity index (χ4n) is 3.79. The molecule has 156 valence electrons. The number of fused-ring (bicyclic) bond motifs is 1. The molecule has 1 aliphatic heterocycles. The zero-order chi connectivity index (χ0) is 21.3. The second-order valence-electron chi connectivity index (χ2n) is 7.64. The minimum atomic E-state index is -0.0335. The first-order valence-electron chi connectivity index (χ1n) is 10.1. The molecule has 2 aromatic heterocycles. The average Bonchev–Trinajstić information content (AvgIpc) is 3.27. The average molecular weight is 426 g/mol. The van der Waals surface area contributed by atoms with Crippen molar-refractivity contribution in [2.24, 2.45) is 7.05 Å². The molecule has 3 aromatic rings. The van der Waals surface area contributed by atoms with Gasteiger partial charge in [-0.2, -0.15) is 10.2 Å². The second-order valence-corrected chi connectivity index (χ2v) is 8.07. The minimum absolute atomic E-state index is 0.0192. The van der Waals surface area contributed by atoms with Gasteiger partial charge in [0.2, 0.25) is 5.91 Å². The summed E-state index contributed by atoms with van der Waals surface area (Å²) in [5, 5.41) is 9.55. The number of rotatable bonds is 6. The molecule has 0 bridgehead atoms. The Bertz CT molecular complexity index is 1100. The van der Waals surface area contributed by atoms with Gasteiger partial charge in [-0.05, 0) is 31.5 Å². The molecule has 7 nitrogen and oxygen atoms in total. The van der Waals surface area contributed by atoms with E-state index in [1.54, 1.807) is 9.58 Å². The maximum Gasteiger partial charge on any atom is 0.228 e. The van der Waals surface area contributed by atoms with E-state index in [1.165, 1.54) is 0 Å². The van der Waals surface area contributed by atoms with Crippen molar-refractivity contribution < 1.29 is 9.59 Å². The lowest BCUT2D eigenvalue weighted by molar-refractivity contribution is -0.123. The van der Waals surface area contributed by atoms with Crippen molar-refractivity contribution in [3.63, 3.8) is 0 Å². The smallest absolute Gasteiger partial charge is 0.228 e.